The first-order valence-corrected chi connectivity index (χ1v) is 5.88. The molecule has 0 aromatic carbocycles. The Morgan fingerprint density at radius 3 is 2.36 bits per heavy atom. The number of nitrogens with zero attached hydrogens (tertiary/aromatic N) is 1. The number of hydrogen-bond donors (Lipinski definition) is 1. The summed E-state index contributed by atoms with van der Waals surface area (Å²) < 4.78 is 0. The second kappa shape index (κ2) is 7.98. The molecule has 0 aromatic heterocycles. The SMILES string of the molecule is CCCCN=CC(C)(C)NCCCC. The number of hydrogen-bond acceptors (Lipinski definition) is 2. The first-order chi connectivity index (χ1) is 6.62. The van der Waals surface area contributed by atoms with E-state index in [1.54, 1.807) is 0 Å². The molecule has 0 saturated heterocycles. The molecule has 0 aliphatic rings. The summed E-state index contributed by atoms with van der Waals surface area (Å²) in [5, 5.41) is 3.49. The Bertz CT molecular complexity index is 150. The van der Waals surface area contributed by atoms with Crippen molar-refractivity contribution >= 4 is 6.21 Å². The predicted octanol–water partition coefficient (Wildman–Crippen LogP) is 3.03. The lowest BCUT2D eigenvalue weighted by Crippen LogP contribution is -2.41. The molecule has 0 radical (unpaired) electrons. The number of nitrogens with one attached hydrogen (secondary N) is 1. The minimum Gasteiger partial charge on any atom is -0.307 e. The zero-order valence-corrected chi connectivity index (χ0v) is 10.3. The van der Waals surface area contributed by atoms with E-state index in [9.17, 15) is 0 Å². The Morgan fingerprint density at radius 1 is 1.14 bits per heavy atom. The minimum atomic E-state index is 0.0584. The summed E-state index contributed by atoms with van der Waals surface area (Å²) in [4.78, 5) is 4.42. The Hall–Kier alpha value is -0.370. The molecule has 1 N–H and O–H groups in total. The zero-order valence-electron chi connectivity index (χ0n) is 10.3. The maximum absolute atomic E-state index is 4.42. The molecule has 0 spiro atoms. The quantitative estimate of drug-likeness (QED) is 0.470. The van der Waals surface area contributed by atoms with E-state index in [0.717, 1.165) is 13.1 Å². The third-order valence-corrected chi connectivity index (χ3v) is 2.17. The van der Waals surface area contributed by atoms with Gasteiger partial charge in [0, 0.05) is 18.3 Å². The number of rotatable bonds is 8. The summed E-state index contributed by atoms with van der Waals surface area (Å²) in [7, 11) is 0. The van der Waals surface area contributed by atoms with Crippen LogP contribution in [0.5, 0.6) is 0 Å². The monoisotopic (exact) mass is 198 g/mol. The van der Waals surface area contributed by atoms with Crippen molar-refractivity contribution in [1.82, 2.24) is 5.32 Å². The van der Waals surface area contributed by atoms with Gasteiger partial charge in [-0.15, -0.1) is 0 Å². The molecule has 0 aromatic rings. The maximum atomic E-state index is 4.42. The first-order valence-electron chi connectivity index (χ1n) is 5.88. The van der Waals surface area contributed by atoms with Crippen LogP contribution in [0.2, 0.25) is 0 Å². The topological polar surface area (TPSA) is 24.4 Å². The molecule has 2 heteroatoms. The van der Waals surface area contributed by atoms with Crippen molar-refractivity contribution < 1.29 is 0 Å². The van der Waals surface area contributed by atoms with Crippen LogP contribution in [-0.2, 0) is 0 Å². The molecule has 0 unspecified atom stereocenters. The van der Waals surface area contributed by atoms with Crippen LogP contribution in [0.1, 0.15) is 53.4 Å². The fourth-order valence-corrected chi connectivity index (χ4v) is 1.18. The van der Waals surface area contributed by atoms with E-state index in [1.165, 1.54) is 25.7 Å². The highest BCUT2D eigenvalue weighted by Crippen LogP contribution is 1.99. The lowest BCUT2D eigenvalue weighted by Gasteiger charge is -2.21. The van der Waals surface area contributed by atoms with E-state index in [1.807, 2.05) is 0 Å². The lowest BCUT2D eigenvalue weighted by atomic mass is 10.1. The highest BCUT2D eigenvalue weighted by atomic mass is 15.0. The van der Waals surface area contributed by atoms with Crippen molar-refractivity contribution in [3.8, 4) is 0 Å². The van der Waals surface area contributed by atoms with Gasteiger partial charge in [0.15, 0.2) is 0 Å². The molecule has 0 atom stereocenters. The van der Waals surface area contributed by atoms with Crippen molar-refractivity contribution in [2.24, 2.45) is 4.99 Å². The number of aliphatic imine (C=N–C) groups is 1. The molecule has 0 saturated carbocycles. The Labute approximate surface area is 89.2 Å². The van der Waals surface area contributed by atoms with Crippen LogP contribution in [0, 0.1) is 0 Å². The second-order valence-corrected chi connectivity index (χ2v) is 4.39. The van der Waals surface area contributed by atoms with Crippen LogP contribution in [0.15, 0.2) is 4.99 Å². The van der Waals surface area contributed by atoms with Gasteiger partial charge in [0.1, 0.15) is 0 Å². The lowest BCUT2D eigenvalue weighted by molar-refractivity contribution is 0.501. The van der Waals surface area contributed by atoms with Gasteiger partial charge in [-0.1, -0.05) is 26.7 Å². The van der Waals surface area contributed by atoms with E-state index in [-0.39, 0.29) is 5.54 Å². The summed E-state index contributed by atoms with van der Waals surface area (Å²) in [6, 6.07) is 0. The van der Waals surface area contributed by atoms with Crippen LogP contribution in [0.25, 0.3) is 0 Å². The third kappa shape index (κ3) is 8.24. The summed E-state index contributed by atoms with van der Waals surface area (Å²) >= 11 is 0. The average molecular weight is 198 g/mol. The van der Waals surface area contributed by atoms with Crippen molar-refractivity contribution in [3.05, 3.63) is 0 Å². The van der Waals surface area contributed by atoms with Crippen LogP contribution in [0.4, 0.5) is 0 Å². The molecule has 84 valence electrons. The molecule has 0 fully saturated rings. The van der Waals surface area contributed by atoms with Gasteiger partial charge >= 0.3 is 0 Å². The average Bonchev–Trinajstić information content (AvgIpc) is 2.13. The van der Waals surface area contributed by atoms with E-state index < -0.39 is 0 Å². The van der Waals surface area contributed by atoms with Crippen LogP contribution >= 0.6 is 0 Å². The Balaban J connectivity index is 3.64. The van der Waals surface area contributed by atoms with Crippen molar-refractivity contribution in [1.29, 1.82) is 0 Å². The van der Waals surface area contributed by atoms with Crippen molar-refractivity contribution in [2.75, 3.05) is 13.1 Å². The summed E-state index contributed by atoms with van der Waals surface area (Å²) in [6.45, 7) is 10.8. The summed E-state index contributed by atoms with van der Waals surface area (Å²) in [5.74, 6) is 0. The van der Waals surface area contributed by atoms with Crippen molar-refractivity contribution in [3.63, 3.8) is 0 Å². The predicted molar refractivity (Wildman–Crippen MR) is 65.3 cm³/mol. The van der Waals surface area contributed by atoms with Gasteiger partial charge in [-0.05, 0) is 33.2 Å². The standard InChI is InChI=1S/C12H26N2/c1-5-7-9-13-11-12(3,4)14-10-8-6-2/h11,14H,5-10H2,1-4H3. The Morgan fingerprint density at radius 2 is 1.79 bits per heavy atom. The van der Waals surface area contributed by atoms with Gasteiger partial charge in [-0.25, -0.2) is 0 Å². The second-order valence-electron chi connectivity index (χ2n) is 4.39. The molecule has 0 heterocycles. The molecule has 0 amide bonds. The van der Waals surface area contributed by atoms with Crippen molar-refractivity contribution in [2.45, 2.75) is 58.9 Å². The minimum absolute atomic E-state index is 0.0584. The molecule has 14 heavy (non-hydrogen) atoms. The van der Waals surface area contributed by atoms with E-state index in [2.05, 4.69) is 44.2 Å². The zero-order chi connectivity index (χ0) is 10.9. The summed E-state index contributed by atoms with van der Waals surface area (Å²) in [5.41, 5.74) is 0.0584. The molecule has 0 bridgehead atoms. The van der Waals surface area contributed by atoms with Gasteiger partial charge < -0.3 is 5.32 Å². The van der Waals surface area contributed by atoms with E-state index in [4.69, 9.17) is 0 Å². The van der Waals surface area contributed by atoms with Gasteiger partial charge in [0.25, 0.3) is 0 Å². The fraction of sp³-hybridized carbons (Fsp3) is 0.917. The maximum Gasteiger partial charge on any atom is 0.0476 e. The van der Waals surface area contributed by atoms with E-state index >= 15 is 0 Å². The largest absolute Gasteiger partial charge is 0.307 e. The van der Waals surface area contributed by atoms with Gasteiger partial charge in [0.2, 0.25) is 0 Å². The summed E-state index contributed by atoms with van der Waals surface area (Å²) in [6.07, 6.45) is 6.96. The van der Waals surface area contributed by atoms with Crippen LogP contribution < -0.4 is 5.32 Å². The normalized spacial score (nSPS) is 12.6. The molecular formula is C12H26N2. The molecule has 0 aliphatic heterocycles. The first kappa shape index (κ1) is 13.6. The third-order valence-electron chi connectivity index (χ3n) is 2.17. The van der Waals surface area contributed by atoms with E-state index in [0.29, 0.717) is 0 Å². The van der Waals surface area contributed by atoms with Gasteiger partial charge in [-0.2, -0.15) is 0 Å². The fourth-order valence-electron chi connectivity index (χ4n) is 1.18. The Kier molecular flexibility index (Phi) is 7.77. The molecule has 2 nitrogen and oxygen atoms in total. The van der Waals surface area contributed by atoms with Crippen LogP contribution in [0.3, 0.4) is 0 Å². The molecule has 0 rings (SSSR count). The molecule has 0 aliphatic carbocycles. The molecular weight excluding hydrogens is 172 g/mol. The highest BCUT2D eigenvalue weighted by molar-refractivity contribution is 5.68. The number of unbranched alkanes of at least 4 members (excludes halogenated alkanes) is 2. The smallest absolute Gasteiger partial charge is 0.0476 e. The van der Waals surface area contributed by atoms with Gasteiger partial charge in [-0.3, -0.25) is 4.99 Å². The highest BCUT2D eigenvalue weighted by Gasteiger charge is 2.11. The van der Waals surface area contributed by atoms with Gasteiger partial charge in [0.05, 0.1) is 0 Å². The van der Waals surface area contributed by atoms with Crippen LogP contribution in [-0.4, -0.2) is 24.8 Å².